The molecule has 0 aliphatic heterocycles. The van der Waals surface area contributed by atoms with Gasteiger partial charge in [0.15, 0.2) is 5.65 Å². The van der Waals surface area contributed by atoms with Gasteiger partial charge < -0.3 is 4.57 Å². The summed E-state index contributed by atoms with van der Waals surface area (Å²) in [4.78, 5) is 7.41. The maximum atomic E-state index is 13.2. The van der Waals surface area contributed by atoms with Crippen LogP contribution in [0.1, 0.15) is 11.4 Å². The number of pyridine rings is 1. The van der Waals surface area contributed by atoms with Crippen LogP contribution in [0, 0.1) is 6.92 Å². The molecular weight excluding hydrogens is 405 g/mol. The highest BCUT2D eigenvalue weighted by atomic mass is 35.5. The number of nitrogens with zero attached hydrogens (tertiary/aromatic N) is 3. The van der Waals surface area contributed by atoms with E-state index in [1.165, 1.54) is 30.5 Å². The molecule has 3 rings (SSSR count). The Labute approximate surface area is 158 Å². The number of hydrogen-bond acceptors (Lipinski definition) is 4. The third kappa shape index (κ3) is 4.07. The summed E-state index contributed by atoms with van der Waals surface area (Å²) in [7, 11) is -3.92. The van der Waals surface area contributed by atoms with Crippen molar-refractivity contribution < 1.29 is 21.6 Å². The Morgan fingerprint density at radius 2 is 2.00 bits per heavy atom. The van der Waals surface area contributed by atoms with Crippen molar-refractivity contribution in [1.29, 1.82) is 0 Å². The smallest absolute Gasteiger partial charge is 0.304 e. The molecule has 0 saturated carbocycles. The lowest BCUT2D eigenvalue weighted by Gasteiger charge is -2.12. The lowest BCUT2D eigenvalue weighted by atomic mass is 10.2. The van der Waals surface area contributed by atoms with Crippen LogP contribution in [-0.4, -0.2) is 29.5 Å². The zero-order chi connectivity index (χ0) is 19.8. The molecule has 2 heterocycles. The van der Waals surface area contributed by atoms with Gasteiger partial charge in [0.25, 0.3) is 0 Å². The van der Waals surface area contributed by atoms with E-state index >= 15 is 0 Å². The van der Waals surface area contributed by atoms with E-state index in [1.54, 1.807) is 13.0 Å². The van der Waals surface area contributed by atoms with E-state index in [-0.39, 0.29) is 34.2 Å². The molecule has 0 fully saturated rings. The maximum absolute atomic E-state index is 13.2. The molecule has 11 heteroatoms. The molecule has 0 bridgehead atoms. The molecule has 0 radical (unpaired) electrons. The van der Waals surface area contributed by atoms with Gasteiger partial charge in [-0.2, -0.15) is 13.2 Å². The van der Waals surface area contributed by atoms with Gasteiger partial charge in [-0.25, -0.2) is 23.1 Å². The van der Waals surface area contributed by atoms with Gasteiger partial charge in [-0.3, -0.25) is 0 Å². The monoisotopic (exact) mass is 418 g/mol. The Morgan fingerprint density at radius 1 is 1.26 bits per heavy atom. The maximum Gasteiger partial charge on any atom is 0.449 e. The van der Waals surface area contributed by atoms with Gasteiger partial charge in [-0.1, -0.05) is 17.7 Å². The molecule has 144 valence electrons. The average molecular weight is 419 g/mol. The molecule has 27 heavy (non-hydrogen) atoms. The predicted molar refractivity (Wildman–Crippen MR) is 93.9 cm³/mol. The van der Waals surface area contributed by atoms with E-state index in [4.69, 9.17) is 11.6 Å². The van der Waals surface area contributed by atoms with Crippen LogP contribution in [0.4, 0.5) is 13.2 Å². The van der Waals surface area contributed by atoms with Crippen LogP contribution in [0.25, 0.3) is 11.2 Å². The Balaban J connectivity index is 1.84. The summed E-state index contributed by atoms with van der Waals surface area (Å²) < 4.78 is 67.5. The van der Waals surface area contributed by atoms with Gasteiger partial charge in [-0.05, 0) is 36.8 Å². The summed E-state index contributed by atoms with van der Waals surface area (Å²) in [6.45, 7) is 1.15. The summed E-state index contributed by atoms with van der Waals surface area (Å²) in [6, 6.07) is 7.09. The second kappa shape index (κ2) is 7.10. The van der Waals surface area contributed by atoms with Gasteiger partial charge in [0.1, 0.15) is 5.52 Å². The number of hydrogen-bond donors (Lipinski definition) is 1. The lowest BCUT2D eigenvalue weighted by Crippen LogP contribution is -2.29. The van der Waals surface area contributed by atoms with Gasteiger partial charge in [0, 0.05) is 24.3 Å². The molecule has 0 amide bonds. The number of aromatic nitrogens is 3. The number of sulfonamides is 1. The average Bonchev–Trinajstić information content (AvgIpc) is 2.96. The minimum Gasteiger partial charge on any atom is -0.304 e. The first-order valence-electron chi connectivity index (χ1n) is 7.74. The zero-order valence-electron chi connectivity index (χ0n) is 14.0. The summed E-state index contributed by atoms with van der Waals surface area (Å²) in [5.74, 6) is -1.13. The molecule has 0 atom stereocenters. The van der Waals surface area contributed by atoms with E-state index < -0.39 is 22.0 Å². The highest BCUT2D eigenvalue weighted by Crippen LogP contribution is 2.30. The van der Waals surface area contributed by atoms with Gasteiger partial charge in [-0.15, -0.1) is 0 Å². The molecule has 0 saturated heterocycles. The molecule has 1 N–H and O–H groups in total. The molecule has 0 aliphatic carbocycles. The summed E-state index contributed by atoms with van der Waals surface area (Å²) >= 11 is 5.93. The van der Waals surface area contributed by atoms with Gasteiger partial charge >= 0.3 is 6.18 Å². The zero-order valence-corrected chi connectivity index (χ0v) is 15.5. The van der Waals surface area contributed by atoms with Crippen LogP contribution in [-0.2, 0) is 22.7 Å². The molecule has 3 aromatic rings. The number of halogens is 4. The van der Waals surface area contributed by atoms with Crippen molar-refractivity contribution in [3.05, 3.63) is 52.9 Å². The highest BCUT2D eigenvalue weighted by molar-refractivity contribution is 7.89. The minimum absolute atomic E-state index is 0.0300. The molecule has 0 aliphatic rings. The number of rotatable bonds is 5. The van der Waals surface area contributed by atoms with Crippen LogP contribution in [0.15, 0.2) is 41.4 Å². The molecule has 0 unspecified atom stereocenters. The van der Waals surface area contributed by atoms with E-state index in [1.807, 2.05) is 0 Å². The fraction of sp³-hybridized carbons (Fsp3) is 0.250. The number of imidazole rings is 1. The first-order chi connectivity index (χ1) is 12.6. The number of aryl methyl sites for hydroxylation is 1. The molecule has 0 spiro atoms. The number of benzene rings is 1. The SMILES string of the molecule is Cc1ccc(S(=O)(=O)NCCn2c(C(F)(F)F)nc3cccnc32)cc1Cl. The molecule has 2 aromatic heterocycles. The Morgan fingerprint density at radius 3 is 2.67 bits per heavy atom. The largest absolute Gasteiger partial charge is 0.449 e. The van der Waals surface area contributed by atoms with Crippen LogP contribution in [0.3, 0.4) is 0 Å². The van der Waals surface area contributed by atoms with Crippen LogP contribution in [0.2, 0.25) is 5.02 Å². The van der Waals surface area contributed by atoms with E-state index in [2.05, 4.69) is 14.7 Å². The fourth-order valence-corrected chi connectivity index (χ4v) is 3.79. The first-order valence-corrected chi connectivity index (χ1v) is 9.60. The molecule has 6 nitrogen and oxygen atoms in total. The molecular formula is C16H14ClF3N4O2S. The third-order valence-electron chi connectivity index (χ3n) is 3.84. The lowest BCUT2D eigenvalue weighted by molar-refractivity contribution is -0.146. The number of fused-ring (bicyclic) bond motifs is 1. The Bertz CT molecular complexity index is 1100. The number of alkyl halides is 3. The summed E-state index contributed by atoms with van der Waals surface area (Å²) in [5.41, 5.74) is 0.821. The second-order valence-electron chi connectivity index (χ2n) is 5.74. The van der Waals surface area contributed by atoms with Crippen molar-refractivity contribution in [3.8, 4) is 0 Å². The third-order valence-corrected chi connectivity index (χ3v) is 5.70. The highest BCUT2D eigenvalue weighted by Gasteiger charge is 2.37. The predicted octanol–water partition coefficient (Wildman–Crippen LogP) is 3.39. The second-order valence-corrected chi connectivity index (χ2v) is 7.91. The van der Waals surface area contributed by atoms with Crippen molar-refractivity contribution in [1.82, 2.24) is 19.3 Å². The summed E-state index contributed by atoms with van der Waals surface area (Å²) in [5, 5.41) is 0.280. The van der Waals surface area contributed by atoms with Crippen LogP contribution >= 0.6 is 11.6 Å². The van der Waals surface area contributed by atoms with Crippen molar-refractivity contribution >= 4 is 32.8 Å². The van der Waals surface area contributed by atoms with Gasteiger partial charge in [0.05, 0.1) is 4.90 Å². The van der Waals surface area contributed by atoms with Crippen LogP contribution < -0.4 is 4.72 Å². The van der Waals surface area contributed by atoms with Crippen molar-refractivity contribution in [3.63, 3.8) is 0 Å². The van der Waals surface area contributed by atoms with Crippen molar-refractivity contribution in [2.75, 3.05) is 6.54 Å². The van der Waals surface area contributed by atoms with Gasteiger partial charge in [0.2, 0.25) is 15.8 Å². The van der Waals surface area contributed by atoms with Crippen molar-refractivity contribution in [2.24, 2.45) is 0 Å². The van der Waals surface area contributed by atoms with Crippen molar-refractivity contribution in [2.45, 2.75) is 24.5 Å². The first kappa shape index (κ1) is 19.6. The molecule has 1 aromatic carbocycles. The van der Waals surface area contributed by atoms with E-state index in [0.29, 0.717) is 5.56 Å². The Hall–Kier alpha value is -2.17. The quantitative estimate of drug-likeness (QED) is 0.689. The summed E-state index contributed by atoms with van der Waals surface area (Å²) in [6.07, 6.45) is -3.34. The standard InChI is InChI=1S/C16H14ClF3N4O2S/c1-10-4-5-11(9-12(10)17)27(25,26)22-7-8-24-14-13(3-2-6-21-14)23-15(24)16(18,19)20/h2-6,9,22H,7-8H2,1H3. The van der Waals surface area contributed by atoms with E-state index in [9.17, 15) is 21.6 Å². The topological polar surface area (TPSA) is 76.9 Å². The fourth-order valence-electron chi connectivity index (χ4n) is 2.50. The normalized spacial score (nSPS) is 12.6. The minimum atomic E-state index is -4.69. The van der Waals surface area contributed by atoms with E-state index in [0.717, 1.165) is 4.57 Å². The number of nitrogens with one attached hydrogen (secondary N) is 1. The Kier molecular flexibility index (Phi) is 5.15. The van der Waals surface area contributed by atoms with Crippen LogP contribution in [0.5, 0.6) is 0 Å².